The Labute approximate surface area is 147 Å². The Kier molecular flexibility index (Phi) is 5.93. The van der Waals surface area contributed by atoms with E-state index in [1.165, 1.54) is 13.1 Å². The minimum Gasteiger partial charge on any atom is -0.355 e. The van der Waals surface area contributed by atoms with Gasteiger partial charge in [-0.25, -0.2) is 8.42 Å². The summed E-state index contributed by atoms with van der Waals surface area (Å²) in [5, 5.41) is 5.30. The van der Waals surface area contributed by atoms with Crippen LogP contribution in [0.2, 0.25) is 0 Å². The van der Waals surface area contributed by atoms with Crippen molar-refractivity contribution < 1.29 is 18.0 Å². The van der Waals surface area contributed by atoms with Crippen LogP contribution >= 0.6 is 0 Å². The smallest absolute Gasteiger partial charge is 0.251 e. The molecule has 2 rings (SSSR count). The first-order valence-corrected chi connectivity index (χ1v) is 9.60. The highest BCUT2D eigenvalue weighted by molar-refractivity contribution is 7.90. The van der Waals surface area contributed by atoms with E-state index in [2.05, 4.69) is 10.6 Å². The quantitative estimate of drug-likeness (QED) is 0.815. The van der Waals surface area contributed by atoms with Crippen LogP contribution in [0.3, 0.4) is 0 Å². The number of benzene rings is 2. The molecule has 0 heterocycles. The monoisotopic (exact) mass is 360 g/mol. The molecule has 0 aliphatic carbocycles. The van der Waals surface area contributed by atoms with Gasteiger partial charge in [0.25, 0.3) is 11.8 Å². The second-order valence-electron chi connectivity index (χ2n) is 5.58. The van der Waals surface area contributed by atoms with Gasteiger partial charge in [-0.3, -0.25) is 9.59 Å². The third kappa shape index (κ3) is 5.15. The molecule has 2 amide bonds. The Hall–Kier alpha value is -2.67. The Morgan fingerprint density at radius 3 is 2.12 bits per heavy atom. The molecular formula is C18H20N2O4S. The van der Waals surface area contributed by atoms with Crippen molar-refractivity contribution in [3.63, 3.8) is 0 Å². The third-order valence-corrected chi connectivity index (χ3v) is 4.79. The first-order valence-electron chi connectivity index (χ1n) is 7.70. The highest BCUT2D eigenvalue weighted by Gasteiger charge is 2.10. The minimum atomic E-state index is -3.21. The first-order chi connectivity index (χ1) is 11.8. The number of carbonyl (C=O) groups excluding carboxylic acids is 2. The summed E-state index contributed by atoms with van der Waals surface area (Å²) in [5.74, 6) is -0.515. The van der Waals surface area contributed by atoms with Crippen LogP contribution in [-0.2, 0) is 16.3 Å². The molecule has 0 saturated carbocycles. The second-order valence-corrected chi connectivity index (χ2v) is 7.60. The molecule has 0 aromatic heterocycles. The van der Waals surface area contributed by atoms with Crippen molar-refractivity contribution in [3.05, 3.63) is 65.2 Å². The average Bonchev–Trinajstić information content (AvgIpc) is 2.60. The van der Waals surface area contributed by atoms with E-state index in [9.17, 15) is 18.0 Å². The molecule has 0 fully saturated rings. The van der Waals surface area contributed by atoms with Gasteiger partial charge >= 0.3 is 0 Å². The standard InChI is InChI=1S/C18H20N2O4S/c1-19-17(21)14-4-3-5-15(12-14)18(22)20-11-10-13-6-8-16(9-7-13)25(2,23)24/h3-9,12H,10-11H2,1-2H3,(H,19,21)(H,20,22). The van der Waals surface area contributed by atoms with Crippen LogP contribution in [-0.4, -0.2) is 40.1 Å². The summed E-state index contributed by atoms with van der Waals surface area (Å²) >= 11 is 0. The van der Waals surface area contributed by atoms with Crippen molar-refractivity contribution in [1.82, 2.24) is 10.6 Å². The molecule has 0 aliphatic rings. The van der Waals surface area contributed by atoms with E-state index in [1.54, 1.807) is 42.5 Å². The predicted octanol–water partition coefficient (Wildman–Crippen LogP) is 1.42. The zero-order valence-electron chi connectivity index (χ0n) is 14.1. The van der Waals surface area contributed by atoms with Crippen molar-refractivity contribution in [2.24, 2.45) is 0 Å². The lowest BCUT2D eigenvalue weighted by atomic mass is 10.1. The molecule has 0 unspecified atom stereocenters. The van der Waals surface area contributed by atoms with Gasteiger partial charge in [0.2, 0.25) is 0 Å². The molecule has 0 atom stereocenters. The van der Waals surface area contributed by atoms with E-state index >= 15 is 0 Å². The SMILES string of the molecule is CNC(=O)c1cccc(C(=O)NCCc2ccc(S(C)(=O)=O)cc2)c1. The Morgan fingerprint density at radius 2 is 1.56 bits per heavy atom. The summed E-state index contributed by atoms with van der Waals surface area (Å²) in [7, 11) is -1.67. The molecule has 0 saturated heterocycles. The highest BCUT2D eigenvalue weighted by atomic mass is 32.2. The van der Waals surface area contributed by atoms with E-state index in [-0.39, 0.29) is 16.7 Å². The molecule has 0 aliphatic heterocycles. The molecule has 132 valence electrons. The van der Waals surface area contributed by atoms with Crippen LogP contribution in [0.4, 0.5) is 0 Å². The normalized spacial score (nSPS) is 11.0. The van der Waals surface area contributed by atoms with E-state index in [0.717, 1.165) is 11.8 Å². The number of sulfone groups is 1. The molecule has 0 bridgehead atoms. The fourth-order valence-corrected chi connectivity index (χ4v) is 2.90. The summed E-state index contributed by atoms with van der Waals surface area (Å²) in [4.78, 5) is 24.0. The first kappa shape index (κ1) is 18.7. The second kappa shape index (κ2) is 7.94. The van der Waals surface area contributed by atoms with Crippen molar-refractivity contribution in [2.75, 3.05) is 19.8 Å². The van der Waals surface area contributed by atoms with Crippen molar-refractivity contribution >= 4 is 21.7 Å². The summed E-state index contributed by atoms with van der Waals surface area (Å²) in [6.07, 6.45) is 1.74. The van der Waals surface area contributed by atoms with Gasteiger partial charge in [0.15, 0.2) is 9.84 Å². The maximum absolute atomic E-state index is 12.2. The zero-order valence-corrected chi connectivity index (χ0v) is 14.9. The Balaban J connectivity index is 1.93. The lowest BCUT2D eigenvalue weighted by Crippen LogP contribution is -2.26. The van der Waals surface area contributed by atoms with Gasteiger partial charge in [-0.05, 0) is 42.3 Å². The van der Waals surface area contributed by atoms with E-state index in [1.807, 2.05) is 0 Å². The fraction of sp³-hybridized carbons (Fsp3) is 0.222. The van der Waals surface area contributed by atoms with Gasteiger partial charge in [0.05, 0.1) is 4.90 Å². The van der Waals surface area contributed by atoms with Gasteiger partial charge in [-0.15, -0.1) is 0 Å². The minimum absolute atomic E-state index is 0.249. The lowest BCUT2D eigenvalue weighted by molar-refractivity contribution is 0.0954. The number of carbonyl (C=O) groups is 2. The number of amides is 2. The molecule has 6 nitrogen and oxygen atoms in total. The van der Waals surface area contributed by atoms with Gasteiger partial charge < -0.3 is 10.6 Å². The van der Waals surface area contributed by atoms with E-state index < -0.39 is 9.84 Å². The number of rotatable bonds is 6. The summed E-state index contributed by atoms with van der Waals surface area (Å²) < 4.78 is 22.8. The van der Waals surface area contributed by atoms with Gasteiger partial charge in [0, 0.05) is 31.0 Å². The van der Waals surface area contributed by atoms with Crippen molar-refractivity contribution in [1.29, 1.82) is 0 Å². The van der Waals surface area contributed by atoms with Gasteiger partial charge in [0.1, 0.15) is 0 Å². The molecular weight excluding hydrogens is 340 g/mol. The predicted molar refractivity (Wildman–Crippen MR) is 95.4 cm³/mol. The topological polar surface area (TPSA) is 92.3 Å². The number of nitrogens with one attached hydrogen (secondary N) is 2. The maximum Gasteiger partial charge on any atom is 0.251 e. The zero-order chi connectivity index (χ0) is 18.4. The number of hydrogen-bond donors (Lipinski definition) is 2. The summed E-state index contributed by atoms with van der Waals surface area (Å²) in [5.41, 5.74) is 1.76. The van der Waals surface area contributed by atoms with Crippen molar-refractivity contribution in [2.45, 2.75) is 11.3 Å². The summed E-state index contributed by atoms with van der Waals surface area (Å²) in [6, 6.07) is 13.0. The molecule has 2 N–H and O–H groups in total. The van der Waals surface area contributed by atoms with Crippen LogP contribution in [0, 0.1) is 0 Å². The number of hydrogen-bond acceptors (Lipinski definition) is 4. The molecule has 2 aromatic rings. The lowest BCUT2D eigenvalue weighted by Gasteiger charge is -2.07. The molecule has 7 heteroatoms. The van der Waals surface area contributed by atoms with E-state index in [4.69, 9.17) is 0 Å². The molecule has 0 spiro atoms. The van der Waals surface area contributed by atoms with Crippen molar-refractivity contribution in [3.8, 4) is 0 Å². The largest absolute Gasteiger partial charge is 0.355 e. The fourth-order valence-electron chi connectivity index (χ4n) is 2.27. The Bertz CT molecular complexity index is 874. The average molecular weight is 360 g/mol. The van der Waals surface area contributed by atoms with Crippen LogP contribution in [0.15, 0.2) is 53.4 Å². The molecule has 2 aromatic carbocycles. The van der Waals surface area contributed by atoms with Crippen LogP contribution in [0.25, 0.3) is 0 Å². The highest BCUT2D eigenvalue weighted by Crippen LogP contribution is 2.10. The third-order valence-electron chi connectivity index (χ3n) is 3.66. The summed E-state index contributed by atoms with van der Waals surface area (Å²) in [6.45, 7) is 0.404. The maximum atomic E-state index is 12.2. The van der Waals surface area contributed by atoms with Gasteiger partial charge in [-0.1, -0.05) is 18.2 Å². The van der Waals surface area contributed by atoms with Crippen LogP contribution in [0.1, 0.15) is 26.3 Å². The van der Waals surface area contributed by atoms with E-state index in [0.29, 0.717) is 24.1 Å². The van der Waals surface area contributed by atoms with Crippen LogP contribution < -0.4 is 10.6 Å². The molecule has 0 radical (unpaired) electrons. The Morgan fingerprint density at radius 1 is 0.960 bits per heavy atom. The van der Waals surface area contributed by atoms with Gasteiger partial charge in [-0.2, -0.15) is 0 Å². The molecule has 25 heavy (non-hydrogen) atoms. The van der Waals surface area contributed by atoms with Crippen LogP contribution in [0.5, 0.6) is 0 Å².